The van der Waals surface area contributed by atoms with E-state index in [2.05, 4.69) is 4.74 Å². The molecule has 0 aliphatic rings. The van der Waals surface area contributed by atoms with Crippen LogP contribution in [0.3, 0.4) is 0 Å². The maximum atomic E-state index is 10.9. The Bertz CT molecular complexity index is 419. The van der Waals surface area contributed by atoms with Gasteiger partial charge in [0.05, 0.1) is 20.5 Å². The molecule has 0 aliphatic carbocycles. The minimum Gasteiger partial charge on any atom is -0.504 e. The summed E-state index contributed by atoms with van der Waals surface area (Å²) in [6.45, 7) is 1.41. The van der Waals surface area contributed by atoms with Gasteiger partial charge in [-0.25, -0.2) is 4.79 Å². The van der Waals surface area contributed by atoms with E-state index in [4.69, 9.17) is 4.74 Å². The number of aliphatic hydroxyl groups is 1. The Hall–Kier alpha value is -1.89. The number of ether oxygens (including phenoxy) is 2. The standard InChI is InChI=1S/C16H27NO6/c1-13(17(20)21)15(18)10-6-4-8-14(12-22-2)9-5-7-11-16(19)23-3/h7,11-13,15,18H,4-6,8-10H2,1-3H3/b11-7+,14-12+. The first kappa shape index (κ1) is 21.1. The fourth-order valence-electron chi connectivity index (χ4n) is 2.01. The predicted molar refractivity (Wildman–Crippen MR) is 86.4 cm³/mol. The summed E-state index contributed by atoms with van der Waals surface area (Å²) in [5.74, 6) is -0.379. The van der Waals surface area contributed by atoms with Gasteiger partial charge in [0.25, 0.3) is 0 Å². The number of hydrogen-bond donors (Lipinski definition) is 1. The lowest BCUT2D eigenvalue weighted by Crippen LogP contribution is -2.30. The van der Waals surface area contributed by atoms with E-state index < -0.39 is 17.1 Å². The van der Waals surface area contributed by atoms with Crippen molar-refractivity contribution in [1.82, 2.24) is 0 Å². The number of carbonyl (C=O) groups is 1. The molecular formula is C16H27NO6. The zero-order valence-electron chi connectivity index (χ0n) is 14.1. The lowest BCUT2D eigenvalue weighted by molar-refractivity contribution is -0.530. The fourth-order valence-corrected chi connectivity index (χ4v) is 2.01. The van der Waals surface area contributed by atoms with Crippen LogP contribution in [0.1, 0.15) is 45.4 Å². The minimum absolute atomic E-state index is 0.379. The molecule has 0 heterocycles. The van der Waals surface area contributed by atoms with Crippen LogP contribution in [0.15, 0.2) is 24.0 Å². The van der Waals surface area contributed by atoms with E-state index in [1.165, 1.54) is 20.1 Å². The van der Waals surface area contributed by atoms with Gasteiger partial charge in [0, 0.05) is 17.9 Å². The molecule has 132 valence electrons. The lowest BCUT2D eigenvalue weighted by atomic mass is 10.0. The van der Waals surface area contributed by atoms with E-state index in [9.17, 15) is 20.0 Å². The maximum absolute atomic E-state index is 10.9. The molecule has 2 unspecified atom stereocenters. The van der Waals surface area contributed by atoms with Crippen LogP contribution in [-0.4, -0.2) is 42.4 Å². The first-order valence-corrected chi connectivity index (χ1v) is 7.69. The van der Waals surface area contributed by atoms with Crippen molar-refractivity contribution in [2.75, 3.05) is 14.2 Å². The highest BCUT2D eigenvalue weighted by atomic mass is 16.6. The summed E-state index contributed by atoms with van der Waals surface area (Å²) in [6, 6.07) is -0.938. The quantitative estimate of drug-likeness (QED) is 0.148. The maximum Gasteiger partial charge on any atom is 0.330 e. The molecule has 0 spiro atoms. The zero-order chi connectivity index (χ0) is 17.7. The first-order valence-electron chi connectivity index (χ1n) is 7.69. The van der Waals surface area contributed by atoms with Crippen LogP contribution in [0.2, 0.25) is 0 Å². The van der Waals surface area contributed by atoms with Gasteiger partial charge >= 0.3 is 5.97 Å². The van der Waals surface area contributed by atoms with Gasteiger partial charge < -0.3 is 14.6 Å². The molecule has 0 saturated heterocycles. The predicted octanol–water partition coefficient (Wildman–Crippen LogP) is 2.61. The van der Waals surface area contributed by atoms with Crippen LogP contribution in [0.25, 0.3) is 0 Å². The van der Waals surface area contributed by atoms with Crippen LogP contribution in [0.4, 0.5) is 0 Å². The van der Waals surface area contributed by atoms with Crippen LogP contribution in [0.5, 0.6) is 0 Å². The topological polar surface area (TPSA) is 98.9 Å². The molecule has 0 saturated carbocycles. The molecular weight excluding hydrogens is 302 g/mol. The van der Waals surface area contributed by atoms with Gasteiger partial charge in [0.2, 0.25) is 6.04 Å². The third-order valence-electron chi connectivity index (χ3n) is 3.51. The molecule has 2 atom stereocenters. The minimum atomic E-state index is -0.938. The van der Waals surface area contributed by atoms with Crippen LogP contribution in [-0.2, 0) is 14.3 Å². The number of esters is 1. The highest BCUT2D eigenvalue weighted by Gasteiger charge is 2.23. The summed E-state index contributed by atoms with van der Waals surface area (Å²) in [6.07, 6.45) is 8.09. The second kappa shape index (κ2) is 12.6. The highest BCUT2D eigenvalue weighted by molar-refractivity contribution is 5.81. The van der Waals surface area contributed by atoms with Crippen molar-refractivity contribution in [3.63, 3.8) is 0 Å². The average Bonchev–Trinajstić information content (AvgIpc) is 2.53. The van der Waals surface area contributed by atoms with Crippen LogP contribution >= 0.6 is 0 Å². The molecule has 0 aromatic carbocycles. The Kier molecular flexibility index (Phi) is 11.6. The SMILES string of the molecule is CO/C=C(/CC/C=C/C(=O)OC)CCCCC(O)C(C)[N+](=O)[O-]. The Morgan fingerprint density at radius 2 is 2.00 bits per heavy atom. The van der Waals surface area contributed by atoms with Crippen LogP contribution in [0, 0.1) is 10.1 Å². The van der Waals surface area contributed by atoms with Crippen molar-refractivity contribution in [2.45, 2.75) is 57.6 Å². The molecule has 0 aromatic heterocycles. The molecule has 23 heavy (non-hydrogen) atoms. The number of nitro groups is 1. The number of allylic oxidation sites excluding steroid dienone is 2. The summed E-state index contributed by atoms with van der Waals surface area (Å²) in [7, 11) is 2.91. The third kappa shape index (κ3) is 10.5. The van der Waals surface area contributed by atoms with E-state index in [-0.39, 0.29) is 5.97 Å². The molecule has 0 aromatic rings. The molecule has 1 N–H and O–H groups in total. The molecule has 0 fully saturated rings. The Balaban J connectivity index is 4.06. The number of aliphatic hydroxyl groups excluding tert-OH is 1. The molecule has 0 rings (SSSR count). The number of carbonyl (C=O) groups excluding carboxylic acids is 1. The fraction of sp³-hybridized carbons (Fsp3) is 0.688. The molecule has 0 radical (unpaired) electrons. The Morgan fingerprint density at radius 1 is 1.30 bits per heavy atom. The van der Waals surface area contributed by atoms with E-state index >= 15 is 0 Å². The Morgan fingerprint density at radius 3 is 2.57 bits per heavy atom. The molecule has 0 amide bonds. The van der Waals surface area contributed by atoms with Gasteiger partial charge in [-0.3, -0.25) is 10.1 Å². The van der Waals surface area contributed by atoms with E-state index in [0.29, 0.717) is 19.3 Å². The second-order valence-corrected chi connectivity index (χ2v) is 5.32. The average molecular weight is 329 g/mol. The monoisotopic (exact) mass is 329 g/mol. The van der Waals surface area contributed by atoms with Gasteiger partial charge in [0.1, 0.15) is 6.10 Å². The smallest absolute Gasteiger partial charge is 0.330 e. The van der Waals surface area contributed by atoms with Gasteiger partial charge in [-0.2, -0.15) is 0 Å². The summed E-state index contributed by atoms with van der Waals surface area (Å²) in [5.41, 5.74) is 1.10. The van der Waals surface area contributed by atoms with E-state index in [0.717, 1.165) is 24.8 Å². The van der Waals surface area contributed by atoms with Crippen molar-refractivity contribution in [2.24, 2.45) is 0 Å². The summed E-state index contributed by atoms with van der Waals surface area (Å²) in [5, 5.41) is 20.2. The van der Waals surface area contributed by atoms with E-state index in [1.54, 1.807) is 19.4 Å². The van der Waals surface area contributed by atoms with Gasteiger partial charge in [-0.05, 0) is 37.7 Å². The number of unbranched alkanes of at least 4 members (excludes halogenated alkanes) is 1. The Labute approximate surface area is 137 Å². The highest BCUT2D eigenvalue weighted by Crippen LogP contribution is 2.17. The lowest BCUT2D eigenvalue weighted by Gasteiger charge is -2.12. The number of nitrogens with zero attached hydrogens (tertiary/aromatic N) is 1. The normalized spacial score (nSPS) is 14.5. The number of hydrogen-bond acceptors (Lipinski definition) is 6. The second-order valence-electron chi connectivity index (χ2n) is 5.32. The third-order valence-corrected chi connectivity index (χ3v) is 3.51. The molecule has 7 nitrogen and oxygen atoms in total. The number of rotatable bonds is 12. The molecule has 0 aliphatic heterocycles. The first-order chi connectivity index (χ1) is 10.9. The van der Waals surface area contributed by atoms with Gasteiger partial charge in [-0.15, -0.1) is 0 Å². The molecule has 7 heteroatoms. The zero-order valence-corrected chi connectivity index (χ0v) is 14.1. The van der Waals surface area contributed by atoms with Crippen LogP contribution < -0.4 is 0 Å². The van der Waals surface area contributed by atoms with Crippen molar-refractivity contribution in [3.8, 4) is 0 Å². The van der Waals surface area contributed by atoms with Crippen molar-refractivity contribution >= 4 is 5.97 Å². The van der Waals surface area contributed by atoms with Crippen molar-refractivity contribution < 1.29 is 24.3 Å². The summed E-state index contributed by atoms with van der Waals surface area (Å²) in [4.78, 5) is 21.0. The van der Waals surface area contributed by atoms with Gasteiger partial charge in [-0.1, -0.05) is 12.5 Å². The largest absolute Gasteiger partial charge is 0.504 e. The number of methoxy groups -OCH3 is 2. The van der Waals surface area contributed by atoms with Crippen molar-refractivity contribution in [1.29, 1.82) is 0 Å². The summed E-state index contributed by atoms with van der Waals surface area (Å²) >= 11 is 0. The van der Waals surface area contributed by atoms with Crippen molar-refractivity contribution in [3.05, 3.63) is 34.1 Å². The van der Waals surface area contributed by atoms with E-state index in [1.807, 2.05) is 0 Å². The van der Waals surface area contributed by atoms with Gasteiger partial charge in [0.15, 0.2) is 0 Å². The molecule has 0 bridgehead atoms. The summed E-state index contributed by atoms with van der Waals surface area (Å²) < 4.78 is 9.54.